The lowest BCUT2D eigenvalue weighted by atomic mass is 9.87. The predicted molar refractivity (Wildman–Crippen MR) is 234 cm³/mol. The Labute approximate surface area is 359 Å². The first-order valence-electron chi connectivity index (χ1n) is 21.5. The minimum atomic E-state index is -0.544. The number of nitrogens with one attached hydrogen (secondary N) is 3. The summed E-state index contributed by atoms with van der Waals surface area (Å²) in [5.41, 5.74) is 7.07. The van der Waals surface area contributed by atoms with Gasteiger partial charge >= 0.3 is 6.03 Å². The number of likely N-dealkylation sites (tertiary alicyclic amines) is 1. The number of anilines is 2. The fourth-order valence-electron chi connectivity index (χ4n) is 8.78. The summed E-state index contributed by atoms with van der Waals surface area (Å²) in [6, 6.07) is 23.5. The van der Waals surface area contributed by atoms with E-state index < -0.39 is 17.1 Å². The van der Waals surface area contributed by atoms with Gasteiger partial charge in [-0.3, -0.25) is 24.9 Å². The van der Waals surface area contributed by atoms with Crippen molar-refractivity contribution in [3.8, 4) is 22.4 Å². The second-order valence-corrected chi connectivity index (χ2v) is 17.8. The molecule has 62 heavy (non-hydrogen) atoms. The molecular formula is C47H51FN10O4. The number of aromatic amines is 1. The van der Waals surface area contributed by atoms with Crippen molar-refractivity contribution in [1.82, 2.24) is 40.9 Å². The Morgan fingerprint density at radius 3 is 2.29 bits per heavy atom. The van der Waals surface area contributed by atoms with Gasteiger partial charge in [-0.2, -0.15) is 10.1 Å². The summed E-state index contributed by atoms with van der Waals surface area (Å²) < 4.78 is 20.6. The number of halogens is 1. The van der Waals surface area contributed by atoms with E-state index in [9.17, 15) is 14.4 Å². The maximum Gasteiger partial charge on any atom is 0.328 e. The fraction of sp³-hybridized carbons (Fsp3) is 0.383. The number of benzene rings is 3. The van der Waals surface area contributed by atoms with Crippen LogP contribution in [-0.4, -0.2) is 87.3 Å². The number of carbonyl (C=O) groups excluding carboxylic acids is 3. The molecule has 0 atom stereocenters. The standard InChI is InChI=1S/C47H51FN10O4/c1-47(2,3)45-52-43(55-62-45)44(60)50-26-34-9-8-33(25-39(34)48)41-38-24-35(27-49-42(38)54-53-41)31-6-4-30(5-7-31)32-16-19-56(20-17-32)28-29-14-21-57(22-15-29)36-10-12-37(13-11-36)58-23-18-40(59)51-46(58)61/h4-13,24-25,27,29,32H,14-23,26,28H2,1-3H3,(H,50,60)(H,49,53,54)(H,51,59,61). The van der Waals surface area contributed by atoms with E-state index in [2.05, 4.69) is 82.2 Å². The second kappa shape index (κ2) is 17.1. The predicted octanol–water partition coefficient (Wildman–Crippen LogP) is 7.58. The van der Waals surface area contributed by atoms with Crippen molar-refractivity contribution in [2.45, 2.75) is 70.8 Å². The summed E-state index contributed by atoms with van der Waals surface area (Å²) in [6.07, 6.45) is 6.75. The van der Waals surface area contributed by atoms with E-state index in [0.29, 0.717) is 53.2 Å². The maximum atomic E-state index is 15.4. The number of aromatic nitrogens is 5. The molecule has 6 aromatic rings. The number of nitrogens with zero attached hydrogens (tertiary/aromatic N) is 7. The average Bonchev–Trinajstić information content (AvgIpc) is 3.96. The summed E-state index contributed by atoms with van der Waals surface area (Å²) >= 11 is 0. The number of fused-ring (bicyclic) bond motifs is 1. The number of piperidine rings is 2. The Balaban J connectivity index is 0.759. The number of H-pyrrole nitrogens is 1. The number of hydrogen-bond acceptors (Lipinski definition) is 10. The Hall–Kier alpha value is -6.48. The van der Waals surface area contributed by atoms with Crippen LogP contribution in [0.2, 0.25) is 0 Å². The number of carbonyl (C=O) groups is 3. The smallest absolute Gasteiger partial charge is 0.328 e. The Morgan fingerprint density at radius 2 is 1.60 bits per heavy atom. The lowest BCUT2D eigenvalue weighted by Gasteiger charge is -2.38. The maximum absolute atomic E-state index is 15.4. The van der Waals surface area contributed by atoms with Crippen LogP contribution in [0.15, 0.2) is 83.5 Å². The molecular weight excluding hydrogens is 788 g/mol. The summed E-state index contributed by atoms with van der Waals surface area (Å²) in [7, 11) is 0. The van der Waals surface area contributed by atoms with Crippen molar-refractivity contribution in [1.29, 1.82) is 0 Å². The largest absolute Gasteiger partial charge is 0.372 e. The van der Waals surface area contributed by atoms with Gasteiger partial charge in [-0.1, -0.05) is 62.3 Å². The van der Waals surface area contributed by atoms with E-state index in [1.54, 1.807) is 17.0 Å². The van der Waals surface area contributed by atoms with Crippen molar-refractivity contribution in [3.05, 3.63) is 108 Å². The van der Waals surface area contributed by atoms with E-state index >= 15 is 4.39 Å². The minimum Gasteiger partial charge on any atom is -0.372 e. The Kier molecular flexibility index (Phi) is 11.3. The summed E-state index contributed by atoms with van der Waals surface area (Å²) in [4.78, 5) is 51.9. The van der Waals surface area contributed by atoms with Crippen LogP contribution in [0.1, 0.15) is 86.4 Å². The lowest BCUT2D eigenvalue weighted by molar-refractivity contribution is -0.120. The van der Waals surface area contributed by atoms with Gasteiger partial charge < -0.3 is 19.6 Å². The fourth-order valence-corrected chi connectivity index (χ4v) is 8.78. The molecule has 3 fully saturated rings. The molecule has 3 aliphatic rings. The van der Waals surface area contributed by atoms with E-state index in [-0.39, 0.29) is 24.3 Å². The molecule has 0 unspecified atom stereocenters. The molecule has 6 heterocycles. The Morgan fingerprint density at radius 1 is 0.871 bits per heavy atom. The number of hydrogen-bond donors (Lipinski definition) is 3. The van der Waals surface area contributed by atoms with Crippen molar-refractivity contribution in [3.63, 3.8) is 0 Å². The molecule has 3 aromatic heterocycles. The molecule has 320 valence electrons. The SMILES string of the molecule is CC(C)(C)c1nc(C(=O)NCc2ccc(-c3n[nH]c4ncc(-c5ccc(C6CCN(CC7CCN(c8ccc(N9CCC(=O)NC9=O)cc8)CC7)CC6)cc5)cc34)cc2F)no1. The van der Waals surface area contributed by atoms with Crippen molar-refractivity contribution in [2.24, 2.45) is 5.92 Å². The number of urea groups is 1. The van der Waals surface area contributed by atoms with Gasteiger partial charge in [-0.05, 0) is 98.1 Å². The number of pyridine rings is 1. The van der Waals surface area contributed by atoms with Crippen LogP contribution >= 0.6 is 0 Å². The first-order chi connectivity index (χ1) is 29.9. The number of rotatable bonds is 10. The summed E-state index contributed by atoms with van der Waals surface area (Å²) in [6.45, 7) is 11.5. The normalized spacial score (nSPS) is 17.2. The van der Waals surface area contributed by atoms with Crippen molar-refractivity contribution < 1.29 is 23.3 Å². The van der Waals surface area contributed by atoms with Gasteiger partial charge in [0.15, 0.2) is 5.65 Å². The third-order valence-electron chi connectivity index (χ3n) is 12.5. The molecule has 0 radical (unpaired) electrons. The van der Waals surface area contributed by atoms with Crippen LogP contribution in [-0.2, 0) is 16.8 Å². The van der Waals surface area contributed by atoms with Crippen LogP contribution in [0.3, 0.4) is 0 Å². The molecule has 3 aliphatic heterocycles. The van der Waals surface area contributed by atoms with E-state index in [0.717, 1.165) is 80.6 Å². The van der Waals surface area contributed by atoms with Crippen LogP contribution in [0.5, 0.6) is 0 Å². The Bertz CT molecular complexity index is 2580. The number of imide groups is 1. The highest BCUT2D eigenvalue weighted by molar-refractivity contribution is 6.05. The zero-order chi connectivity index (χ0) is 43.0. The highest BCUT2D eigenvalue weighted by Gasteiger charge is 2.28. The summed E-state index contributed by atoms with van der Waals surface area (Å²) in [5, 5.41) is 17.1. The zero-order valence-electron chi connectivity index (χ0n) is 35.3. The van der Waals surface area contributed by atoms with Gasteiger partial charge in [0.2, 0.25) is 11.8 Å². The molecule has 4 amide bonds. The van der Waals surface area contributed by atoms with Gasteiger partial charge in [0.1, 0.15) is 11.5 Å². The molecule has 14 nitrogen and oxygen atoms in total. The highest BCUT2D eigenvalue weighted by atomic mass is 19.1. The topological polar surface area (TPSA) is 165 Å². The quantitative estimate of drug-likeness (QED) is 0.125. The van der Waals surface area contributed by atoms with E-state index in [1.807, 2.05) is 45.2 Å². The molecule has 9 rings (SSSR count). The van der Waals surface area contributed by atoms with Crippen LogP contribution in [0.4, 0.5) is 20.6 Å². The molecule has 3 N–H and O–H groups in total. The lowest BCUT2D eigenvalue weighted by Crippen LogP contribution is -2.49. The number of amides is 4. The molecule has 15 heteroatoms. The zero-order valence-corrected chi connectivity index (χ0v) is 35.3. The minimum absolute atomic E-state index is 0.0404. The molecule has 0 bridgehead atoms. The molecule has 0 spiro atoms. The third kappa shape index (κ3) is 8.80. The van der Waals surface area contributed by atoms with Crippen LogP contribution in [0.25, 0.3) is 33.4 Å². The van der Waals surface area contributed by atoms with Crippen LogP contribution < -0.4 is 20.4 Å². The van der Waals surface area contributed by atoms with Gasteiger partial charge in [-0.15, -0.1) is 0 Å². The van der Waals surface area contributed by atoms with Gasteiger partial charge in [-0.25, -0.2) is 14.2 Å². The average molecular weight is 839 g/mol. The van der Waals surface area contributed by atoms with E-state index in [4.69, 9.17) is 4.52 Å². The van der Waals surface area contributed by atoms with E-state index in [1.165, 1.54) is 17.3 Å². The van der Waals surface area contributed by atoms with Crippen molar-refractivity contribution >= 4 is 40.3 Å². The molecule has 0 saturated carbocycles. The van der Waals surface area contributed by atoms with Gasteiger partial charge in [0.25, 0.3) is 11.7 Å². The van der Waals surface area contributed by atoms with Gasteiger partial charge in [0.05, 0.1) is 0 Å². The molecule has 0 aliphatic carbocycles. The first kappa shape index (κ1) is 40.9. The van der Waals surface area contributed by atoms with Gasteiger partial charge in [0, 0.05) is 84.2 Å². The monoisotopic (exact) mass is 838 g/mol. The molecule has 3 saturated heterocycles. The first-order valence-corrected chi connectivity index (χ1v) is 21.5. The highest BCUT2D eigenvalue weighted by Crippen LogP contribution is 2.34. The summed E-state index contributed by atoms with van der Waals surface area (Å²) in [5.74, 6) is 0.224. The third-order valence-corrected chi connectivity index (χ3v) is 12.5. The second-order valence-electron chi connectivity index (χ2n) is 17.8. The van der Waals surface area contributed by atoms with Crippen molar-refractivity contribution in [2.75, 3.05) is 49.1 Å². The van der Waals surface area contributed by atoms with Crippen LogP contribution in [0, 0.1) is 11.7 Å². The molecule has 3 aromatic carbocycles.